The number of H-pyrrole nitrogens is 1. The van der Waals surface area contributed by atoms with Gasteiger partial charge in [0.2, 0.25) is 5.91 Å². The molecule has 26 heavy (non-hydrogen) atoms. The summed E-state index contributed by atoms with van der Waals surface area (Å²) in [4.78, 5) is 42.4. The minimum absolute atomic E-state index is 0.0199. The largest absolute Gasteiger partial charge is 0.328 e. The molecule has 7 nitrogen and oxygen atoms in total. The normalized spacial score (nSPS) is 10.3. The van der Waals surface area contributed by atoms with Gasteiger partial charge in [0.25, 0.3) is 11.5 Å². The van der Waals surface area contributed by atoms with Crippen molar-refractivity contribution in [3.8, 4) is 0 Å². The molecule has 3 aromatic rings. The highest BCUT2D eigenvalue weighted by Gasteiger charge is 2.12. The Morgan fingerprint density at radius 3 is 2.65 bits per heavy atom. The van der Waals surface area contributed by atoms with Gasteiger partial charge in [0.05, 0.1) is 5.69 Å². The molecule has 2 heterocycles. The van der Waals surface area contributed by atoms with Gasteiger partial charge in [0.1, 0.15) is 5.56 Å². The average molecular weight is 368 g/mol. The first-order chi connectivity index (χ1) is 12.6. The second-order valence-electron chi connectivity index (χ2n) is 5.43. The van der Waals surface area contributed by atoms with E-state index in [9.17, 15) is 14.4 Å². The van der Waals surface area contributed by atoms with E-state index in [0.29, 0.717) is 17.2 Å². The maximum Gasteiger partial charge on any atom is 0.263 e. The maximum absolute atomic E-state index is 12.1. The average Bonchev–Trinajstić information content (AvgIpc) is 3.08. The van der Waals surface area contributed by atoms with Crippen molar-refractivity contribution in [2.24, 2.45) is 0 Å². The second kappa shape index (κ2) is 8.21. The Hall–Kier alpha value is -3.26. The number of carbonyl (C=O) groups excluding carboxylic acids is 2. The van der Waals surface area contributed by atoms with E-state index >= 15 is 0 Å². The Bertz CT molecular complexity index is 966. The summed E-state index contributed by atoms with van der Waals surface area (Å²) in [6.45, 7) is 0. The first-order valence-corrected chi connectivity index (χ1v) is 8.78. The van der Waals surface area contributed by atoms with Crippen LogP contribution in [0.5, 0.6) is 0 Å². The lowest BCUT2D eigenvalue weighted by atomic mass is 10.2. The molecule has 8 heteroatoms. The van der Waals surface area contributed by atoms with Crippen LogP contribution in [0.3, 0.4) is 0 Å². The second-order valence-corrected chi connectivity index (χ2v) is 6.28. The van der Waals surface area contributed by atoms with Gasteiger partial charge in [-0.2, -0.15) is 0 Å². The number of para-hydroxylation sites is 1. The van der Waals surface area contributed by atoms with Gasteiger partial charge in [-0.3, -0.25) is 19.7 Å². The molecule has 2 aromatic heterocycles. The van der Waals surface area contributed by atoms with Crippen LogP contribution in [0.25, 0.3) is 0 Å². The Labute approximate surface area is 153 Å². The number of aryl methyl sites for hydroxylation is 1. The van der Waals surface area contributed by atoms with E-state index in [2.05, 4.69) is 20.6 Å². The molecule has 3 rings (SSSR count). The number of anilines is 2. The number of amides is 2. The zero-order chi connectivity index (χ0) is 18.4. The van der Waals surface area contributed by atoms with E-state index < -0.39 is 11.5 Å². The molecule has 0 aliphatic carbocycles. The van der Waals surface area contributed by atoms with Gasteiger partial charge < -0.3 is 10.3 Å². The number of aromatic nitrogens is 2. The number of nitrogens with one attached hydrogen (secondary N) is 3. The molecule has 0 aliphatic rings. The summed E-state index contributed by atoms with van der Waals surface area (Å²) in [6.07, 6.45) is 2.20. The third-order valence-electron chi connectivity index (χ3n) is 3.50. The first-order valence-electron chi connectivity index (χ1n) is 7.90. The number of thiazole rings is 1. The molecule has 0 atom stereocenters. The van der Waals surface area contributed by atoms with Gasteiger partial charge in [-0.15, -0.1) is 11.3 Å². The van der Waals surface area contributed by atoms with E-state index in [0.717, 1.165) is 5.69 Å². The summed E-state index contributed by atoms with van der Waals surface area (Å²) in [6, 6.07) is 12.2. The van der Waals surface area contributed by atoms with Gasteiger partial charge in [-0.25, -0.2) is 4.98 Å². The lowest BCUT2D eigenvalue weighted by molar-refractivity contribution is -0.116. The number of aromatic amines is 1. The third kappa shape index (κ3) is 4.64. The standard InChI is InChI=1S/C18H16N4O3S/c23-15(20-12-5-2-1-3-6-12)9-8-13-11-26-18(21-13)22-17(25)14-7-4-10-19-16(14)24/h1-7,10-11H,8-9H2,(H,19,24)(H,20,23)(H,21,22,25). The van der Waals surface area contributed by atoms with Gasteiger partial charge >= 0.3 is 0 Å². The van der Waals surface area contributed by atoms with Crippen LogP contribution in [0.1, 0.15) is 22.5 Å². The number of pyridine rings is 1. The summed E-state index contributed by atoms with van der Waals surface area (Å²) in [5, 5.41) is 7.57. The smallest absolute Gasteiger partial charge is 0.263 e. The number of benzene rings is 1. The van der Waals surface area contributed by atoms with Gasteiger partial charge in [-0.1, -0.05) is 18.2 Å². The van der Waals surface area contributed by atoms with Crippen molar-refractivity contribution < 1.29 is 9.59 Å². The summed E-state index contributed by atoms with van der Waals surface area (Å²) in [5.74, 6) is -0.625. The van der Waals surface area contributed by atoms with Crippen molar-refractivity contribution in [3.63, 3.8) is 0 Å². The van der Waals surface area contributed by atoms with Crippen LogP contribution in [-0.2, 0) is 11.2 Å². The van der Waals surface area contributed by atoms with Crippen molar-refractivity contribution in [2.75, 3.05) is 10.6 Å². The zero-order valence-electron chi connectivity index (χ0n) is 13.7. The van der Waals surface area contributed by atoms with E-state index in [4.69, 9.17) is 0 Å². The quantitative estimate of drug-likeness (QED) is 0.622. The van der Waals surface area contributed by atoms with Crippen LogP contribution >= 0.6 is 11.3 Å². The highest BCUT2D eigenvalue weighted by Crippen LogP contribution is 2.17. The van der Waals surface area contributed by atoms with E-state index in [1.165, 1.54) is 23.6 Å². The molecule has 0 spiro atoms. The molecule has 1 aromatic carbocycles. The van der Waals surface area contributed by atoms with Crippen molar-refractivity contribution in [2.45, 2.75) is 12.8 Å². The molecule has 2 amide bonds. The fourth-order valence-electron chi connectivity index (χ4n) is 2.23. The minimum Gasteiger partial charge on any atom is -0.328 e. The van der Waals surface area contributed by atoms with E-state index in [1.807, 2.05) is 30.3 Å². The Morgan fingerprint density at radius 2 is 1.88 bits per heavy atom. The predicted octanol–water partition coefficient (Wildman–Crippen LogP) is 2.66. The molecule has 0 bridgehead atoms. The number of hydrogen-bond acceptors (Lipinski definition) is 5. The summed E-state index contributed by atoms with van der Waals surface area (Å²) in [7, 11) is 0. The molecule has 0 saturated heterocycles. The van der Waals surface area contributed by atoms with Crippen LogP contribution in [-0.4, -0.2) is 21.8 Å². The number of rotatable bonds is 6. The van der Waals surface area contributed by atoms with Gasteiger partial charge in [0, 0.05) is 23.7 Å². The van der Waals surface area contributed by atoms with Crippen LogP contribution in [0.4, 0.5) is 10.8 Å². The van der Waals surface area contributed by atoms with Crippen LogP contribution in [0.15, 0.2) is 58.8 Å². The molecule has 0 aliphatic heterocycles. The molecular formula is C18H16N4O3S. The minimum atomic E-state index is -0.519. The van der Waals surface area contributed by atoms with Crippen LogP contribution in [0, 0.1) is 0 Å². The van der Waals surface area contributed by atoms with E-state index in [-0.39, 0.29) is 17.9 Å². The van der Waals surface area contributed by atoms with E-state index in [1.54, 1.807) is 11.4 Å². The Kier molecular flexibility index (Phi) is 5.55. The zero-order valence-corrected chi connectivity index (χ0v) is 14.5. The van der Waals surface area contributed by atoms with Crippen LogP contribution in [0.2, 0.25) is 0 Å². The van der Waals surface area contributed by atoms with Crippen LogP contribution < -0.4 is 16.2 Å². The van der Waals surface area contributed by atoms with Crippen molar-refractivity contribution in [1.82, 2.24) is 9.97 Å². The number of carbonyl (C=O) groups is 2. The molecule has 0 saturated carbocycles. The van der Waals surface area contributed by atoms with Crippen molar-refractivity contribution in [1.29, 1.82) is 0 Å². The summed E-state index contributed by atoms with van der Waals surface area (Å²) >= 11 is 1.25. The molecule has 132 valence electrons. The monoisotopic (exact) mass is 368 g/mol. The lowest BCUT2D eigenvalue weighted by Gasteiger charge is -2.03. The first kappa shape index (κ1) is 17.6. The fraction of sp³-hybridized carbons (Fsp3) is 0.111. The molecular weight excluding hydrogens is 352 g/mol. The Balaban J connectivity index is 1.53. The molecule has 0 unspecified atom stereocenters. The lowest BCUT2D eigenvalue weighted by Crippen LogP contribution is -2.22. The third-order valence-corrected chi connectivity index (χ3v) is 4.31. The fourth-order valence-corrected chi connectivity index (χ4v) is 2.97. The van der Waals surface area contributed by atoms with Crippen molar-refractivity contribution in [3.05, 3.63) is 75.7 Å². The molecule has 0 radical (unpaired) electrons. The highest BCUT2D eigenvalue weighted by atomic mass is 32.1. The number of nitrogens with zero attached hydrogens (tertiary/aromatic N) is 1. The summed E-state index contributed by atoms with van der Waals surface area (Å²) < 4.78 is 0. The molecule has 3 N–H and O–H groups in total. The van der Waals surface area contributed by atoms with Crippen molar-refractivity contribution >= 4 is 34.0 Å². The topological polar surface area (TPSA) is 104 Å². The SMILES string of the molecule is O=C(CCc1csc(NC(=O)c2ccc[nH]c2=O)n1)Nc1ccccc1. The number of hydrogen-bond donors (Lipinski definition) is 3. The predicted molar refractivity (Wildman–Crippen MR) is 101 cm³/mol. The molecule has 0 fully saturated rings. The highest BCUT2D eigenvalue weighted by molar-refractivity contribution is 7.14. The maximum atomic E-state index is 12.1. The van der Waals surface area contributed by atoms with Gasteiger partial charge in [-0.05, 0) is 30.7 Å². The Morgan fingerprint density at radius 1 is 1.08 bits per heavy atom. The summed E-state index contributed by atoms with van der Waals surface area (Å²) in [5.41, 5.74) is 1.01. The van der Waals surface area contributed by atoms with Gasteiger partial charge in [0.15, 0.2) is 5.13 Å².